The summed E-state index contributed by atoms with van der Waals surface area (Å²) in [6.07, 6.45) is 1.26. The van der Waals surface area contributed by atoms with E-state index in [9.17, 15) is 12.8 Å². The van der Waals surface area contributed by atoms with Gasteiger partial charge in [-0.25, -0.2) is 17.8 Å². The summed E-state index contributed by atoms with van der Waals surface area (Å²) in [5.74, 6) is -0.844. The number of hydrogen-bond acceptors (Lipinski definition) is 3. The van der Waals surface area contributed by atoms with Gasteiger partial charge in [0, 0.05) is 19.8 Å². The largest absolute Gasteiger partial charge is 0.263 e. The van der Waals surface area contributed by atoms with Crippen LogP contribution in [0.25, 0.3) is 0 Å². The lowest BCUT2D eigenvalue weighted by molar-refractivity contribution is 0.454. The van der Waals surface area contributed by atoms with Gasteiger partial charge in [0.15, 0.2) is 5.82 Å². The third-order valence-corrected chi connectivity index (χ3v) is 4.61. The van der Waals surface area contributed by atoms with Crippen LogP contribution in [-0.2, 0) is 16.6 Å². The molecule has 0 saturated carbocycles. The van der Waals surface area contributed by atoms with Crippen molar-refractivity contribution in [3.63, 3.8) is 0 Å². The van der Waals surface area contributed by atoms with Crippen LogP contribution in [0.4, 0.5) is 4.39 Å². The van der Waals surface area contributed by atoms with Gasteiger partial charge in [0.2, 0.25) is 5.03 Å². The quantitative estimate of drug-likeness (QED) is 0.869. The summed E-state index contributed by atoms with van der Waals surface area (Å²) in [4.78, 5) is 3.63. The average molecular weight is 294 g/mol. The van der Waals surface area contributed by atoms with Crippen molar-refractivity contribution < 1.29 is 12.8 Å². The smallest absolute Gasteiger partial charge is 0.241 e. The monoisotopic (exact) mass is 294 g/mol. The molecule has 0 spiro atoms. The zero-order chi connectivity index (χ0) is 14.8. The van der Waals surface area contributed by atoms with E-state index in [1.807, 2.05) is 31.2 Å². The first kappa shape index (κ1) is 14.6. The molecular weight excluding hydrogens is 279 g/mol. The van der Waals surface area contributed by atoms with Gasteiger partial charge in [-0.2, -0.15) is 4.31 Å². The lowest BCUT2D eigenvalue weighted by Gasteiger charge is -2.17. The number of pyridine rings is 1. The molecule has 0 atom stereocenters. The van der Waals surface area contributed by atoms with Crippen LogP contribution in [0.3, 0.4) is 0 Å². The Balaban J connectivity index is 2.29. The van der Waals surface area contributed by atoms with Gasteiger partial charge < -0.3 is 0 Å². The summed E-state index contributed by atoms with van der Waals surface area (Å²) in [6, 6.07) is 9.94. The van der Waals surface area contributed by atoms with Crippen molar-refractivity contribution in [2.75, 3.05) is 7.05 Å². The minimum atomic E-state index is -3.93. The summed E-state index contributed by atoms with van der Waals surface area (Å²) < 4.78 is 39.2. The van der Waals surface area contributed by atoms with E-state index in [0.717, 1.165) is 21.5 Å². The van der Waals surface area contributed by atoms with Crippen molar-refractivity contribution in [3.8, 4) is 0 Å². The molecule has 2 rings (SSSR count). The van der Waals surface area contributed by atoms with Gasteiger partial charge in [0.1, 0.15) is 0 Å². The van der Waals surface area contributed by atoms with Crippen LogP contribution in [-0.4, -0.2) is 24.8 Å². The SMILES string of the molecule is Cc1cccc(CN(C)S(=O)(=O)c2ncccc2F)c1. The molecule has 6 heteroatoms. The standard InChI is InChI=1S/C14H15FN2O2S/c1-11-5-3-6-12(9-11)10-17(2)20(18,19)14-13(15)7-4-8-16-14/h3-9H,10H2,1-2H3. The van der Waals surface area contributed by atoms with Gasteiger partial charge >= 0.3 is 0 Å². The van der Waals surface area contributed by atoms with Gasteiger partial charge in [-0.3, -0.25) is 0 Å². The Morgan fingerprint density at radius 1 is 1.25 bits per heavy atom. The molecule has 0 unspecified atom stereocenters. The second-order valence-corrected chi connectivity index (χ2v) is 6.50. The maximum Gasteiger partial charge on any atom is 0.263 e. The van der Waals surface area contributed by atoms with E-state index in [1.54, 1.807) is 0 Å². The molecule has 0 radical (unpaired) electrons. The van der Waals surface area contributed by atoms with Gasteiger partial charge in [-0.1, -0.05) is 29.8 Å². The minimum Gasteiger partial charge on any atom is -0.241 e. The van der Waals surface area contributed by atoms with Crippen molar-refractivity contribution in [1.82, 2.24) is 9.29 Å². The van der Waals surface area contributed by atoms with Crippen LogP contribution in [0.5, 0.6) is 0 Å². The van der Waals surface area contributed by atoms with Crippen LogP contribution < -0.4 is 0 Å². The number of rotatable bonds is 4. The molecule has 0 N–H and O–H groups in total. The number of halogens is 1. The first-order chi connectivity index (χ1) is 9.41. The first-order valence-corrected chi connectivity index (χ1v) is 7.47. The molecule has 0 aliphatic rings. The van der Waals surface area contributed by atoms with Crippen molar-refractivity contribution >= 4 is 10.0 Å². The zero-order valence-electron chi connectivity index (χ0n) is 11.2. The predicted molar refractivity (Wildman–Crippen MR) is 74.0 cm³/mol. The minimum absolute atomic E-state index is 0.167. The summed E-state index contributed by atoms with van der Waals surface area (Å²) >= 11 is 0. The van der Waals surface area contributed by atoms with Crippen molar-refractivity contribution in [3.05, 3.63) is 59.5 Å². The highest BCUT2D eigenvalue weighted by Crippen LogP contribution is 2.17. The van der Waals surface area contributed by atoms with Crippen molar-refractivity contribution in [2.24, 2.45) is 0 Å². The Labute approximate surface area is 117 Å². The predicted octanol–water partition coefficient (Wildman–Crippen LogP) is 2.35. The second-order valence-electron chi connectivity index (χ2n) is 4.54. The van der Waals surface area contributed by atoms with E-state index in [-0.39, 0.29) is 6.54 Å². The van der Waals surface area contributed by atoms with Crippen LogP contribution in [0, 0.1) is 12.7 Å². The normalized spacial score (nSPS) is 11.8. The zero-order valence-corrected chi connectivity index (χ0v) is 12.1. The fourth-order valence-electron chi connectivity index (χ4n) is 1.86. The second kappa shape index (κ2) is 5.68. The average Bonchev–Trinajstić information content (AvgIpc) is 2.39. The maximum atomic E-state index is 13.6. The molecule has 0 saturated heterocycles. The molecule has 1 heterocycles. The molecular formula is C14H15FN2O2S. The molecule has 1 aromatic heterocycles. The summed E-state index contributed by atoms with van der Waals surface area (Å²) in [5, 5.41) is -0.546. The molecule has 0 bridgehead atoms. The van der Waals surface area contributed by atoms with Crippen LogP contribution >= 0.6 is 0 Å². The summed E-state index contributed by atoms with van der Waals surface area (Å²) in [6.45, 7) is 2.09. The lowest BCUT2D eigenvalue weighted by Crippen LogP contribution is -2.28. The van der Waals surface area contributed by atoms with Crippen molar-refractivity contribution in [2.45, 2.75) is 18.5 Å². The van der Waals surface area contributed by atoms with Gasteiger partial charge in [0.25, 0.3) is 10.0 Å². The fraction of sp³-hybridized carbons (Fsp3) is 0.214. The molecule has 20 heavy (non-hydrogen) atoms. The van der Waals surface area contributed by atoms with Crippen LogP contribution in [0.15, 0.2) is 47.6 Å². The lowest BCUT2D eigenvalue weighted by atomic mass is 10.1. The van der Waals surface area contributed by atoms with Gasteiger partial charge in [-0.05, 0) is 24.6 Å². The van der Waals surface area contributed by atoms with Crippen LogP contribution in [0.1, 0.15) is 11.1 Å². The van der Waals surface area contributed by atoms with E-state index in [4.69, 9.17) is 0 Å². The summed E-state index contributed by atoms with van der Waals surface area (Å²) in [5.41, 5.74) is 1.88. The van der Waals surface area contributed by atoms with Crippen molar-refractivity contribution in [1.29, 1.82) is 0 Å². The Bertz CT molecular complexity index is 717. The van der Waals surface area contributed by atoms with E-state index < -0.39 is 20.9 Å². The number of nitrogens with zero attached hydrogens (tertiary/aromatic N) is 2. The highest BCUT2D eigenvalue weighted by Gasteiger charge is 2.25. The number of aromatic nitrogens is 1. The van der Waals surface area contributed by atoms with Gasteiger partial charge in [0.05, 0.1) is 0 Å². The Kier molecular flexibility index (Phi) is 4.15. The molecule has 4 nitrogen and oxygen atoms in total. The molecule has 0 aliphatic carbocycles. The number of hydrogen-bond donors (Lipinski definition) is 0. The number of aryl methyl sites for hydroxylation is 1. The number of benzene rings is 1. The van der Waals surface area contributed by atoms with Gasteiger partial charge in [-0.15, -0.1) is 0 Å². The molecule has 0 aliphatic heterocycles. The Morgan fingerprint density at radius 2 is 2.00 bits per heavy atom. The van der Waals surface area contributed by atoms with E-state index in [0.29, 0.717) is 0 Å². The maximum absolute atomic E-state index is 13.6. The van der Waals surface area contributed by atoms with E-state index in [2.05, 4.69) is 4.98 Å². The third kappa shape index (κ3) is 3.02. The first-order valence-electron chi connectivity index (χ1n) is 6.03. The summed E-state index contributed by atoms with van der Waals surface area (Å²) in [7, 11) is -2.52. The Morgan fingerprint density at radius 3 is 2.65 bits per heavy atom. The van der Waals surface area contributed by atoms with E-state index in [1.165, 1.54) is 19.3 Å². The number of sulfonamides is 1. The fourth-order valence-corrected chi connectivity index (χ4v) is 2.98. The third-order valence-electron chi connectivity index (χ3n) is 2.87. The molecule has 1 aromatic carbocycles. The molecule has 106 valence electrons. The van der Waals surface area contributed by atoms with E-state index >= 15 is 0 Å². The highest BCUT2D eigenvalue weighted by atomic mass is 32.2. The highest BCUT2D eigenvalue weighted by molar-refractivity contribution is 7.89. The topological polar surface area (TPSA) is 50.3 Å². The molecule has 0 fully saturated rings. The Hall–Kier alpha value is -1.79. The van der Waals surface area contributed by atoms with Crippen LogP contribution in [0.2, 0.25) is 0 Å². The molecule has 0 amide bonds. The molecule has 2 aromatic rings.